The number of hydrogen-bond acceptors (Lipinski definition) is 4. The molecule has 2 aromatic rings. The summed E-state index contributed by atoms with van der Waals surface area (Å²) >= 11 is 1.87. The summed E-state index contributed by atoms with van der Waals surface area (Å²) in [7, 11) is 0. The molecular weight excluding hydrogens is 290 g/mol. The van der Waals surface area contributed by atoms with Crippen LogP contribution >= 0.6 is 11.3 Å². The van der Waals surface area contributed by atoms with Crippen molar-refractivity contribution >= 4 is 17.0 Å². The summed E-state index contributed by atoms with van der Waals surface area (Å²) in [6, 6.07) is 7.49. The molecule has 4 heteroatoms. The van der Waals surface area contributed by atoms with Gasteiger partial charge in [-0.3, -0.25) is 4.90 Å². The number of hydrogen-bond donors (Lipinski definition) is 1. The van der Waals surface area contributed by atoms with Gasteiger partial charge in [0, 0.05) is 43.5 Å². The third-order valence-electron chi connectivity index (χ3n) is 4.85. The monoisotopic (exact) mass is 313 g/mol. The summed E-state index contributed by atoms with van der Waals surface area (Å²) in [6.07, 6.45) is 4.50. The van der Waals surface area contributed by atoms with Gasteiger partial charge in [0.2, 0.25) is 0 Å². The molecule has 4 rings (SSSR count). The Morgan fingerprint density at radius 1 is 1.32 bits per heavy atom. The van der Waals surface area contributed by atoms with Crippen molar-refractivity contribution in [3.05, 3.63) is 35.0 Å². The fraction of sp³-hybridized carbons (Fsp3) is 0.500. The lowest BCUT2D eigenvalue weighted by Gasteiger charge is -2.41. The molecule has 3 nitrogen and oxygen atoms in total. The van der Waals surface area contributed by atoms with Crippen molar-refractivity contribution < 1.29 is 0 Å². The summed E-state index contributed by atoms with van der Waals surface area (Å²) in [6.45, 7) is 7.96. The number of anilines is 1. The molecular formula is C18H23N3S. The average molecular weight is 313 g/mol. The lowest BCUT2D eigenvalue weighted by atomic mass is 9.99. The molecule has 0 unspecified atom stereocenters. The van der Waals surface area contributed by atoms with E-state index >= 15 is 0 Å². The van der Waals surface area contributed by atoms with E-state index in [4.69, 9.17) is 4.98 Å². The van der Waals surface area contributed by atoms with Gasteiger partial charge in [0.1, 0.15) is 0 Å². The average Bonchev–Trinajstić information content (AvgIpc) is 2.94. The van der Waals surface area contributed by atoms with Crippen LogP contribution in [0.3, 0.4) is 0 Å². The van der Waals surface area contributed by atoms with Crippen LogP contribution < -0.4 is 5.32 Å². The highest BCUT2D eigenvalue weighted by Gasteiger charge is 2.31. The quantitative estimate of drug-likeness (QED) is 0.929. The molecule has 0 bridgehead atoms. The largest absolute Gasteiger partial charge is 0.385 e. The second-order valence-corrected chi connectivity index (χ2v) is 7.77. The van der Waals surface area contributed by atoms with Crippen molar-refractivity contribution in [2.24, 2.45) is 0 Å². The van der Waals surface area contributed by atoms with Gasteiger partial charge in [0.15, 0.2) is 0 Å². The number of nitrogens with zero attached hydrogens (tertiary/aromatic N) is 2. The molecule has 2 aliphatic rings. The van der Waals surface area contributed by atoms with E-state index in [0.717, 1.165) is 19.6 Å². The maximum Gasteiger partial charge on any atom is 0.0987 e. The van der Waals surface area contributed by atoms with Crippen LogP contribution in [0.5, 0.6) is 0 Å². The Kier molecular flexibility index (Phi) is 3.66. The van der Waals surface area contributed by atoms with Crippen molar-refractivity contribution in [1.82, 2.24) is 9.88 Å². The summed E-state index contributed by atoms with van der Waals surface area (Å²) in [5.41, 5.74) is 4.07. The molecule has 0 aliphatic carbocycles. The minimum atomic E-state index is 0.636. The van der Waals surface area contributed by atoms with Gasteiger partial charge >= 0.3 is 0 Å². The van der Waals surface area contributed by atoms with E-state index in [1.807, 2.05) is 11.3 Å². The lowest BCUT2D eigenvalue weighted by Crippen LogP contribution is -2.48. The molecule has 116 valence electrons. The second kappa shape index (κ2) is 5.67. The number of thiazole rings is 1. The normalized spacial score (nSPS) is 18.9. The van der Waals surface area contributed by atoms with E-state index in [1.54, 1.807) is 0 Å². The van der Waals surface area contributed by atoms with E-state index in [9.17, 15) is 0 Å². The molecule has 1 saturated heterocycles. The second-order valence-electron chi connectivity index (χ2n) is 6.71. The zero-order valence-electron chi connectivity index (χ0n) is 13.3. The molecule has 1 fully saturated rings. The Hall–Kier alpha value is -1.39. The third kappa shape index (κ3) is 2.55. The third-order valence-corrected chi connectivity index (χ3v) is 6.05. The number of benzene rings is 1. The minimum absolute atomic E-state index is 0.636. The van der Waals surface area contributed by atoms with Crippen molar-refractivity contribution in [3.63, 3.8) is 0 Å². The van der Waals surface area contributed by atoms with Gasteiger partial charge in [-0.05, 0) is 43.9 Å². The van der Waals surface area contributed by atoms with Crippen molar-refractivity contribution in [1.29, 1.82) is 0 Å². The summed E-state index contributed by atoms with van der Waals surface area (Å²) in [4.78, 5) is 8.50. The van der Waals surface area contributed by atoms with Crippen LogP contribution in [-0.4, -0.2) is 35.6 Å². The van der Waals surface area contributed by atoms with E-state index in [-0.39, 0.29) is 0 Å². The maximum atomic E-state index is 4.69. The smallest absolute Gasteiger partial charge is 0.0987 e. The number of rotatable bonds is 3. The van der Waals surface area contributed by atoms with Crippen LogP contribution in [0, 0.1) is 0 Å². The highest BCUT2D eigenvalue weighted by atomic mass is 32.1. The lowest BCUT2D eigenvalue weighted by molar-refractivity contribution is 0.110. The van der Waals surface area contributed by atoms with Gasteiger partial charge in [-0.2, -0.15) is 0 Å². The number of aryl methyl sites for hydroxylation is 1. The van der Waals surface area contributed by atoms with E-state index in [2.05, 4.69) is 48.5 Å². The molecule has 0 saturated carbocycles. The van der Waals surface area contributed by atoms with E-state index < -0.39 is 0 Å². The number of nitrogens with one attached hydrogen (secondary N) is 1. The first kappa shape index (κ1) is 14.2. The molecule has 22 heavy (non-hydrogen) atoms. The molecule has 3 heterocycles. The first-order chi connectivity index (χ1) is 10.7. The van der Waals surface area contributed by atoms with Crippen LogP contribution in [0.2, 0.25) is 0 Å². The summed E-state index contributed by atoms with van der Waals surface area (Å²) in [5.74, 6) is 0.636. The molecule has 1 N–H and O–H groups in total. The fourth-order valence-electron chi connectivity index (χ4n) is 3.31. The molecule has 0 atom stereocenters. The molecule has 2 aliphatic heterocycles. The first-order valence-electron chi connectivity index (χ1n) is 8.27. The molecule has 0 spiro atoms. The Balaban J connectivity index is 1.52. The van der Waals surface area contributed by atoms with Gasteiger partial charge in [0.25, 0.3) is 0 Å². The molecule has 0 amide bonds. The zero-order valence-corrected chi connectivity index (χ0v) is 14.1. The van der Waals surface area contributed by atoms with Crippen LogP contribution in [0.4, 0.5) is 5.69 Å². The molecule has 0 radical (unpaired) electrons. The summed E-state index contributed by atoms with van der Waals surface area (Å²) in [5, 5.41) is 4.82. The molecule has 1 aromatic carbocycles. The van der Waals surface area contributed by atoms with Gasteiger partial charge in [-0.25, -0.2) is 4.98 Å². The van der Waals surface area contributed by atoms with Gasteiger partial charge < -0.3 is 5.32 Å². The van der Waals surface area contributed by atoms with Gasteiger partial charge in [0.05, 0.1) is 9.88 Å². The Morgan fingerprint density at radius 2 is 2.18 bits per heavy atom. The van der Waals surface area contributed by atoms with Crippen LogP contribution in [0.25, 0.3) is 10.4 Å². The van der Waals surface area contributed by atoms with Crippen molar-refractivity contribution in [3.8, 4) is 10.4 Å². The number of likely N-dealkylation sites (tertiary alicyclic amines) is 1. The van der Waals surface area contributed by atoms with E-state index in [1.165, 1.54) is 39.5 Å². The predicted molar refractivity (Wildman–Crippen MR) is 93.8 cm³/mol. The maximum absolute atomic E-state index is 4.69. The Bertz CT molecular complexity index is 671. The topological polar surface area (TPSA) is 28.2 Å². The Labute approximate surface area is 136 Å². The highest BCUT2D eigenvalue weighted by Crippen LogP contribution is 2.36. The van der Waals surface area contributed by atoms with Crippen LogP contribution in [0.1, 0.15) is 36.8 Å². The zero-order chi connectivity index (χ0) is 15.1. The van der Waals surface area contributed by atoms with Crippen molar-refractivity contribution in [2.75, 3.05) is 25.0 Å². The Morgan fingerprint density at radius 3 is 3.00 bits per heavy atom. The highest BCUT2D eigenvalue weighted by molar-refractivity contribution is 7.15. The standard InChI is InChI=1S/C18H23N3S/c1-12(2)21-10-15(11-21)18-20-9-17(22-18)14-6-5-13-4-3-7-19-16(13)8-14/h5-6,8-9,12,15,19H,3-4,7,10-11H2,1-2H3. The fourth-order valence-corrected chi connectivity index (χ4v) is 4.31. The van der Waals surface area contributed by atoms with Crippen LogP contribution in [0.15, 0.2) is 24.4 Å². The number of aromatic nitrogens is 1. The number of fused-ring (bicyclic) bond motifs is 1. The van der Waals surface area contributed by atoms with Gasteiger partial charge in [-0.15, -0.1) is 11.3 Å². The first-order valence-corrected chi connectivity index (χ1v) is 9.09. The SMILES string of the molecule is CC(C)N1CC(c2ncc(-c3ccc4c(c3)NCCC4)s2)C1. The van der Waals surface area contributed by atoms with Crippen molar-refractivity contribution in [2.45, 2.75) is 38.6 Å². The predicted octanol–water partition coefficient (Wildman–Crippen LogP) is 3.98. The van der Waals surface area contributed by atoms with Crippen LogP contribution in [-0.2, 0) is 6.42 Å². The molecule has 1 aromatic heterocycles. The minimum Gasteiger partial charge on any atom is -0.385 e. The summed E-state index contributed by atoms with van der Waals surface area (Å²) < 4.78 is 0. The van der Waals surface area contributed by atoms with E-state index in [0.29, 0.717) is 12.0 Å². The van der Waals surface area contributed by atoms with Gasteiger partial charge in [-0.1, -0.05) is 12.1 Å².